The van der Waals surface area contributed by atoms with Gasteiger partial charge in [0.25, 0.3) is 11.5 Å². The van der Waals surface area contributed by atoms with Crippen LogP contribution in [0.3, 0.4) is 0 Å². The molecule has 1 fully saturated rings. The quantitative estimate of drug-likeness (QED) is 0.648. The van der Waals surface area contributed by atoms with Crippen LogP contribution >= 0.6 is 0 Å². The van der Waals surface area contributed by atoms with Crippen molar-refractivity contribution in [2.24, 2.45) is 0 Å². The molecule has 0 N–H and O–H groups in total. The number of para-hydroxylation sites is 2. The Balaban J connectivity index is 1.18. The number of benzene rings is 1. The molecule has 3 aromatic rings. The van der Waals surface area contributed by atoms with Gasteiger partial charge in [-0.25, -0.2) is 9.67 Å². The lowest BCUT2D eigenvalue weighted by atomic mass is 10.2. The molecular weight excluding hydrogens is 380 g/mol. The molecule has 8 nitrogen and oxygen atoms in total. The van der Waals surface area contributed by atoms with E-state index in [2.05, 4.69) is 20.0 Å². The third-order valence-corrected chi connectivity index (χ3v) is 5.98. The van der Waals surface area contributed by atoms with E-state index in [1.807, 2.05) is 29.2 Å². The summed E-state index contributed by atoms with van der Waals surface area (Å²) in [4.78, 5) is 38.0. The smallest absolute Gasteiger partial charge is 0.274 e. The summed E-state index contributed by atoms with van der Waals surface area (Å²) in [5.74, 6) is -0.0792. The van der Waals surface area contributed by atoms with Gasteiger partial charge in [0.2, 0.25) is 0 Å². The van der Waals surface area contributed by atoms with Crippen LogP contribution in [0.2, 0.25) is 0 Å². The molecule has 3 heterocycles. The Morgan fingerprint density at radius 3 is 2.63 bits per heavy atom. The molecule has 1 aromatic carbocycles. The van der Waals surface area contributed by atoms with Gasteiger partial charge in [0, 0.05) is 38.8 Å². The monoisotopic (exact) mass is 404 g/mol. The molecular formula is C22H24N6O2. The summed E-state index contributed by atoms with van der Waals surface area (Å²) in [6.07, 6.45) is 4.58. The molecule has 30 heavy (non-hydrogen) atoms. The molecule has 0 saturated carbocycles. The lowest BCUT2D eigenvalue weighted by molar-refractivity contribution is 0.0625. The van der Waals surface area contributed by atoms with Crippen molar-refractivity contribution in [3.8, 4) is 0 Å². The van der Waals surface area contributed by atoms with Crippen molar-refractivity contribution < 1.29 is 4.79 Å². The van der Waals surface area contributed by atoms with E-state index in [1.54, 1.807) is 16.9 Å². The van der Waals surface area contributed by atoms with Gasteiger partial charge in [-0.05, 0) is 37.0 Å². The Morgan fingerprint density at radius 1 is 1.00 bits per heavy atom. The predicted molar refractivity (Wildman–Crippen MR) is 112 cm³/mol. The number of carbonyl (C=O) groups is 1. The van der Waals surface area contributed by atoms with Crippen LogP contribution < -0.4 is 5.56 Å². The van der Waals surface area contributed by atoms with Crippen molar-refractivity contribution in [1.82, 2.24) is 29.5 Å². The average Bonchev–Trinajstić information content (AvgIpc) is 3.24. The van der Waals surface area contributed by atoms with Gasteiger partial charge in [-0.2, -0.15) is 5.10 Å². The average molecular weight is 404 g/mol. The van der Waals surface area contributed by atoms with Crippen molar-refractivity contribution in [2.75, 3.05) is 32.7 Å². The van der Waals surface area contributed by atoms with Crippen molar-refractivity contribution in [3.05, 3.63) is 63.8 Å². The van der Waals surface area contributed by atoms with Crippen LogP contribution in [0.25, 0.3) is 11.0 Å². The molecule has 5 rings (SSSR count). The van der Waals surface area contributed by atoms with Gasteiger partial charge < -0.3 is 4.90 Å². The number of piperazine rings is 1. The third kappa shape index (κ3) is 3.70. The van der Waals surface area contributed by atoms with Gasteiger partial charge in [-0.3, -0.25) is 19.5 Å². The van der Waals surface area contributed by atoms with Crippen LogP contribution in [0.15, 0.2) is 41.3 Å². The maximum absolute atomic E-state index is 12.8. The van der Waals surface area contributed by atoms with Crippen LogP contribution in [0.1, 0.15) is 28.2 Å². The molecule has 0 atom stereocenters. The normalized spacial score (nSPS) is 16.7. The maximum atomic E-state index is 12.8. The van der Waals surface area contributed by atoms with Crippen LogP contribution in [-0.2, 0) is 19.4 Å². The van der Waals surface area contributed by atoms with Gasteiger partial charge in [0.1, 0.15) is 5.69 Å². The van der Waals surface area contributed by atoms with Crippen LogP contribution in [-0.4, -0.2) is 68.2 Å². The number of hydrogen-bond donors (Lipinski definition) is 0. The van der Waals surface area contributed by atoms with Crippen molar-refractivity contribution >= 4 is 16.9 Å². The van der Waals surface area contributed by atoms with Crippen molar-refractivity contribution in [1.29, 1.82) is 0 Å². The zero-order valence-electron chi connectivity index (χ0n) is 16.8. The molecule has 1 aliphatic heterocycles. The molecule has 0 unspecified atom stereocenters. The minimum Gasteiger partial charge on any atom is -0.335 e. The molecule has 1 aliphatic carbocycles. The van der Waals surface area contributed by atoms with E-state index >= 15 is 0 Å². The van der Waals surface area contributed by atoms with E-state index in [0.29, 0.717) is 25.3 Å². The number of aromatic nitrogens is 4. The lowest BCUT2D eigenvalue weighted by Crippen LogP contribution is -2.49. The molecule has 0 bridgehead atoms. The number of nitrogens with zero attached hydrogens (tertiary/aromatic N) is 6. The van der Waals surface area contributed by atoms with E-state index < -0.39 is 0 Å². The fraction of sp³-hybridized carbons (Fsp3) is 0.409. The zero-order valence-corrected chi connectivity index (χ0v) is 16.8. The number of hydrogen-bond acceptors (Lipinski definition) is 6. The highest BCUT2D eigenvalue weighted by atomic mass is 16.2. The van der Waals surface area contributed by atoms with E-state index in [0.717, 1.165) is 61.2 Å². The molecule has 0 radical (unpaired) electrons. The molecule has 2 aliphatic rings. The standard InChI is InChI=1S/C22H24N6O2/c29-21-14-16-4-3-7-17(16)25-28(21)13-10-26-8-11-27(12-9-26)22(30)20-15-23-18-5-1-2-6-19(18)24-20/h1-2,5-6,14-15H,3-4,7-13H2. The Bertz CT molecular complexity index is 1150. The van der Waals surface area contributed by atoms with Crippen molar-refractivity contribution in [2.45, 2.75) is 25.8 Å². The van der Waals surface area contributed by atoms with E-state index in [9.17, 15) is 9.59 Å². The van der Waals surface area contributed by atoms with Gasteiger partial charge in [-0.1, -0.05) is 12.1 Å². The molecule has 8 heteroatoms. The van der Waals surface area contributed by atoms with E-state index in [4.69, 9.17) is 0 Å². The number of fused-ring (bicyclic) bond motifs is 2. The van der Waals surface area contributed by atoms with E-state index in [-0.39, 0.29) is 11.5 Å². The van der Waals surface area contributed by atoms with Gasteiger partial charge in [-0.15, -0.1) is 0 Å². The molecule has 2 aromatic heterocycles. The highest BCUT2D eigenvalue weighted by molar-refractivity contribution is 5.93. The Labute approximate surface area is 174 Å². The Hall–Kier alpha value is -3.13. The maximum Gasteiger partial charge on any atom is 0.274 e. The topological polar surface area (TPSA) is 84.2 Å². The number of rotatable bonds is 4. The minimum absolute atomic E-state index is 0.0145. The highest BCUT2D eigenvalue weighted by Crippen LogP contribution is 2.17. The number of aryl methyl sites for hydroxylation is 2. The number of carbonyl (C=O) groups excluding carboxylic acids is 1. The van der Waals surface area contributed by atoms with Crippen LogP contribution in [0, 0.1) is 0 Å². The first-order chi connectivity index (χ1) is 14.7. The molecule has 154 valence electrons. The SMILES string of the molecule is O=C(c1cnc2ccccc2n1)N1CCN(CCn2nc3c(cc2=O)CCC3)CC1. The first kappa shape index (κ1) is 18.9. The second-order valence-electron chi connectivity index (χ2n) is 7.91. The Morgan fingerprint density at radius 2 is 1.80 bits per heavy atom. The fourth-order valence-electron chi connectivity index (χ4n) is 4.23. The van der Waals surface area contributed by atoms with E-state index in [1.165, 1.54) is 0 Å². The summed E-state index contributed by atoms with van der Waals surface area (Å²) in [5, 5.41) is 4.54. The number of amides is 1. The second-order valence-corrected chi connectivity index (χ2v) is 7.91. The third-order valence-electron chi connectivity index (χ3n) is 5.98. The second kappa shape index (κ2) is 7.95. The summed E-state index contributed by atoms with van der Waals surface area (Å²) in [6, 6.07) is 9.30. The van der Waals surface area contributed by atoms with Crippen LogP contribution in [0.5, 0.6) is 0 Å². The molecule has 1 amide bonds. The van der Waals surface area contributed by atoms with Crippen molar-refractivity contribution in [3.63, 3.8) is 0 Å². The Kier molecular flexibility index (Phi) is 5.00. The highest BCUT2D eigenvalue weighted by Gasteiger charge is 2.23. The minimum atomic E-state index is -0.0792. The summed E-state index contributed by atoms with van der Waals surface area (Å²) < 4.78 is 1.59. The summed E-state index contributed by atoms with van der Waals surface area (Å²) in [7, 11) is 0. The first-order valence-electron chi connectivity index (χ1n) is 10.5. The van der Waals surface area contributed by atoms with Gasteiger partial charge >= 0.3 is 0 Å². The summed E-state index contributed by atoms with van der Waals surface area (Å²) in [5.41, 5.74) is 4.07. The largest absolute Gasteiger partial charge is 0.335 e. The fourth-order valence-corrected chi connectivity index (χ4v) is 4.23. The van der Waals surface area contributed by atoms with Gasteiger partial charge in [0.05, 0.1) is 29.5 Å². The first-order valence-corrected chi connectivity index (χ1v) is 10.5. The lowest BCUT2D eigenvalue weighted by Gasteiger charge is -2.34. The van der Waals surface area contributed by atoms with Crippen LogP contribution in [0.4, 0.5) is 0 Å². The summed E-state index contributed by atoms with van der Waals surface area (Å²) >= 11 is 0. The zero-order chi connectivity index (χ0) is 20.5. The van der Waals surface area contributed by atoms with Gasteiger partial charge in [0.15, 0.2) is 0 Å². The molecule has 0 spiro atoms. The molecule has 1 saturated heterocycles. The summed E-state index contributed by atoms with van der Waals surface area (Å²) in [6.45, 7) is 4.15. The predicted octanol–water partition coefficient (Wildman–Crippen LogP) is 1.13.